The maximum atomic E-state index is 14.2. The van der Waals surface area contributed by atoms with Gasteiger partial charge in [-0.25, -0.2) is 13.2 Å². The predicted octanol–water partition coefficient (Wildman–Crippen LogP) is 6.76. The first kappa shape index (κ1) is 42.5. The van der Waals surface area contributed by atoms with E-state index in [0.29, 0.717) is 13.0 Å². The first-order chi connectivity index (χ1) is 27.5. The number of aliphatic hydroxyl groups excluding tert-OH is 1. The SMILES string of the molecule is CC(C)CN(C[C@@H](O)[C@H](Cc1ccccc1)NC(=O)O[C@H]1CO[C@H]2OCC[C@H]21)S(=O)(=O)c1ccc(OCP(=O)(OCc2ccccc2)OCc2ccccc2)cc1. The third-order valence-electron chi connectivity index (χ3n) is 9.66. The quantitative estimate of drug-likeness (QED) is 0.0908. The highest BCUT2D eigenvalue weighted by atomic mass is 32.2. The van der Waals surface area contributed by atoms with Crippen LogP contribution in [0.15, 0.2) is 120 Å². The number of carbonyl (C=O) groups is 1. The van der Waals surface area contributed by atoms with Crippen molar-refractivity contribution in [3.63, 3.8) is 0 Å². The van der Waals surface area contributed by atoms with Crippen LogP contribution in [0.5, 0.6) is 5.75 Å². The highest BCUT2D eigenvalue weighted by Crippen LogP contribution is 2.50. The van der Waals surface area contributed by atoms with Gasteiger partial charge in [0, 0.05) is 13.1 Å². The fourth-order valence-electron chi connectivity index (χ4n) is 6.65. The summed E-state index contributed by atoms with van der Waals surface area (Å²) in [5, 5.41) is 14.5. The lowest BCUT2D eigenvalue weighted by Crippen LogP contribution is -2.51. The van der Waals surface area contributed by atoms with E-state index in [9.17, 15) is 22.9 Å². The minimum Gasteiger partial charge on any atom is -0.481 e. The van der Waals surface area contributed by atoms with Crippen LogP contribution < -0.4 is 10.1 Å². The Hall–Kier alpha value is -4.11. The molecule has 6 rings (SSSR count). The molecule has 0 aromatic heterocycles. The Labute approximate surface area is 334 Å². The highest BCUT2D eigenvalue weighted by Gasteiger charge is 2.44. The molecule has 2 aliphatic rings. The van der Waals surface area contributed by atoms with Gasteiger partial charge in [-0.1, -0.05) is 105 Å². The van der Waals surface area contributed by atoms with E-state index in [4.69, 9.17) is 28.0 Å². The molecule has 4 aromatic carbocycles. The molecule has 0 unspecified atom stereocenters. The van der Waals surface area contributed by atoms with E-state index < -0.39 is 54.6 Å². The van der Waals surface area contributed by atoms with E-state index >= 15 is 0 Å². The first-order valence-electron chi connectivity index (χ1n) is 19.1. The van der Waals surface area contributed by atoms with Gasteiger partial charge >= 0.3 is 13.7 Å². The molecule has 0 aliphatic carbocycles. The van der Waals surface area contributed by atoms with Crippen LogP contribution in [-0.2, 0) is 57.5 Å². The van der Waals surface area contributed by atoms with Crippen molar-refractivity contribution < 1.29 is 50.9 Å². The number of alkyl carbamates (subject to hydrolysis) is 1. The second kappa shape index (κ2) is 20.0. The molecular formula is C42H51N2O11PS. The average Bonchev–Trinajstić information content (AvgIpc) is 3.84. The van der Waals surface area contributed by atoms with Crippen LogP contribution in [0.1, 0.15) is 37.0 Å². The molecule has 5 atom stereocenters. The molecule has 0 radical (unpaired) electrons. The Bertz CT molecular complexity index is 1960. The lowest BCUT2D eigenvalue weighted by molar-refractivity contribution is -0.0907. The van der Waals surface area contributed by atoms with Crippen molar-refractivity contribution in [2.75, 3.05) is 32.7 Å². The van der Waals surface area contributed by atoms with E-state index in [0.717, 1.165) is 16.7 Å². The Morgan fingerprint density at radius 3 is 2.00 bits per heavy atom. The summed E-state index contributed by atoms with van der Waals surface area (Å²) in [7, 11) is -7.95. The number of amides is 1. The van der Waals surface area contributed by atoms with Crippen LogP contribution in [0.25, 0.3) is 0 Å². The predicted molar refractivity (Wildman–Crippen MR) is 213 cm³/mol. The van der Waals surface area contributed by atoms with Crippen LogP contribution in [0.2, 0.25) is 0 Å². The van der Waals surface area contributed by atoms with Gasteiger partial charge in [0.1, 0.15) is 11.9 Å². The molecule has 2 saturated heterocycles. The van der Waals surface area contributed by atoms with E-state index in [1.54, 1.807) is 0 Å². The summed E-state index contributed by atoms with van der Waals surface area (Å²) in [4.78, 5) is 13.2. The highest BCUT2D eigenvalue weighted by molar-refractivity contribution is 7.89. The first-order valence-corrected chi connectivity index (χ1v) is 22.3. The molecule has 13 nitrogen and oxygen atoms in total. The molecule has 0 bridgehead atoms. The topological polar surface area (TPSA) is 159 Å². The fourth-order valence-corrected chi connectivity index (χ4v) is 9.50. The van der Waals surface area contributed by atoms with Crippen LogP contribution in [0.4, 0.5) is 4.79 Å². The van der Waals surface area contributed by atoms with E-state index in [1.807, 2.05) is 105 Å². The van der Waals surface area contributed by atoms with Crippen LogP contribution in [0, 0.1) is 11.8 Å². The molecule has 306 valence electrons. The zero-order valence-corrected chi connectivity index (χ0v) is 33.8. The van der Waals surface area contributed by atoms with Gasteiger partial charge in [-0.15, -0.1) is 0 Å². The second-order valence-corrected chi connectivity index (χ2v) is 18.5. The van der Waals surface area contributed by atoms with Crippen molar-refractivity contribution in [3.8, 4) is 5.75 Å². The summed E-state index contributed by atoms with van der Waals surface area (Å²) >= 11 is 0. The Morgan fingerprint density at radius 2 is 1.42 bits per heavy atom. The number of rotatable bonds is 20. The summed E-state index contributed by atoms with van der Waals surface area (Å²) < 4.78 is 77.8. The minimum atomic E-state index is -4.15. The summed E-state index contributed by atoms with van der Waals surface area (Å²) in [6, 6.07) is 32.7. The lowest BCUT2D eigenvalue weighted by atomic mass is 10.0. The van der Waals surface area contributed by atoms with Crippen molar-refractivity contribution >= 4 is 23.7 Å². The van der Waals surface area contributed by atoms with Crippen molar-refractivity contribution in [2.45, 2.75) is 69.3 Å². The van der Waals surface area contributed by atoms with Crippen molar-refractivity contribution in [1.29, 1.82) is 0 Å². The standard InChI is InChI=1S/C42H51N2O11PS/c1-31(2)25-44(26-39(45)38(24-32-12-6-3-7-13-32)43-42(46)55-40-29-51-41-37(40)22-23-50-41)57(48,49)36-20-18-35(19-21-36)52-30-56(47,53-27-33-14-8-4-9-15-33)54-28-34-16-10-5-11-17-34/h3-21,31,37-41,45H,22-30H2,1-2H3,(H,43,46)/t37-,38-,39+,40-,41+/m0/s1. The Morgan fingerprint density at radius 1 is 0.842 bits per heavy atom. The zero-order valence-electron chi connectivity index (χ0n) is 32.1. The Balaban J connectivity index is 1.13. The zero-order chi connectivity index (χ0) is 40.3. The normalized spacial score (nSPS) is 19.3. The largest absolute Gasteiger partial charge is 0.481 e. The third kappa shape index (κ3) is 12.2. The maximum Gasteiger partial charge on any atom is 0.407 e. The number of benzene rings is 4. The molecule has 15 heteroatoms. The number of carbonyl (C=O) groups excluding carboxylic acids is 1. The number of aliphatic hydroxyl groups is 1. The van der Waals surface area contributed by atoms with Gasteiger partial charge in [0.05, 0.1) is 49.4 Å². The summed E-state index contributed by atoms with van der Waals surface area (Å²) in [6.45, 7) is 4.38. The molecule has 2 fully saturated rings. The van der Waals surface area contributed by atoms with Crippen LogP contribution >= 0.6 is 7.60 Å². The minimum absolute atomic E-state index is 0.0342. The molecule has 4 aromatic rings. The number of fused-ring (bicyclic) bond motifs is 1. The smallest absolute Gasteiger partial charge is 0.407 e. The fraction of sp³-hybridized carbons (Fsp3) is 0.405. The Kier molecular flexibility index (Phi) is 14.9. The number of ether oxygens (including phenoxy) is 4. The van der Waals surface area contributed by atoms with Gasteiger partial charge < -0.3 is 38.4 Å². The average molecular weight is 823 g/mol. The molecule has 2 aliphatic heterocycles. The van der Waals surface area contributed by atoms with Gasteiger partial charge in [0.25, 0.3) is 0 Å². The van der Waals surface area contributed by atoms with Crippen molar-refractivity contribution in [1.82, 2.24) is 9.62 Å². The third-order valence-corrected chi connectivity index (χ3v) is 13.0. The van der Waals surface area contributed by atoms with E-state index in [-0.39, 0.29) is 61.8 Å². The summed E-state index contributed by atoms with van der Waals surface area (Å²) in [6.07, 6.45) is -2.41. The second-order valence-electron chi connectivity index (χ2n) is 14.6. The van der Waals surface area contributed by atoms with Gasteiger partial charge in [-0.3, -0.25) is 4.57 Å². The molecule has 2 heterocycles. The molecule has 2 N–H and O–H groups in total. The van der Waals surface area contributed by atoms with Crippen LogP contribution in [0.3, 0.4) is 0 Å². The molecule has 1 amide bonds. The number of hydrogen-bond donors (Lipinski definition) is 2. The number of nitrogens with zero attached hydrogens (tertiary/aromatic N) is 1. The van der Waals surface area contributed by atoms with Gasteiger partial charge in [-0.05, 0) is 59.7 Å². The number of sulfonamides is 1. The van der Waals surface area contributed by atoms with Crippen molar-refractivity contribution in [2.24, 2.45) is 11.8 Å². The molecule has 0 spiro atoms. The van der Waals surface area contributed by atoms with Gasteiger partial charge in [-0.2, -0.15) is 4.31 Å². The summed E-state index contributed by atoms with van der Waals surface area (Å²) in [5.74, 6) is 0.0946. The molecule has 0 saturated carbocycles. The maximum absolute atomic E-state index is 14.2. The summed E-state index contributed by atoms with van der Waals surface area (Å²) in [5.41, 5.74) is 2.46. The molecule has 57 heavy (non-hydrogen) atoms. The van der Waals surface area contributed by atoms with Crippen molar-refractivity contribution in [3.05, 3.63) is 132 Å². The monoisotopic (exact) mass is 822 g/mol. The van der Waals surface area contributed by atoms with E-state index in [1.165, 1.54) is 28.6 Å². The molecular weight excluding hydrogens is 772 g/mol. The van der Waals surface area contributed by atoms with Gasteiger partial charge in [0.15, 0.2) is 12.6 Å². The van der Waals surface area contributed by atoms with Crippen LogP contribution in [-0.4, -0.2) is 81.1 Å². The number of nitrogens with one attached hydrogen (secondary N) is 1. The van der Waals surface area contributed by atoms with E-state index in [2.05, 4.69) is 5.32 Å². The number of hydrogen-bond acceptors (Lipinski definition) is 11. The lowest BCUT2D eigenvalue weighted by Gasteiger charge is -2.31. The van der Waals surface area contributed by atoms with Gasteiger partial charge in [0.2, 0.25) is 10.0 Å².